The van der Waals surface area contributed by atoms with Crippen LogP contribution in [0, 0.1) is 0 Å². The Morgan fingerprint density at radius 3 is 1.84 bits per heavy atom. The smallest absolute Gasteiger partial charge is 0.257 e. The van der Waals surface area contributed by atoms with Gasteiger partial charge in [-0.2, -0.15) is 0 Å². The molecule has 0 aliphatic rings. The molecule has 0 unspecified atom stereocenters. The maximum atomic E-state index is 12.5. The van der Waals surface area contributed by atoms with Crippen LogP contribution in [0.25, 0.3) is 11.1 Å². The predicted molar refractivity (Wildman–Crippen MR) is 129 cm³/mol. The van der Waals surface area contributed by atoms with Crippen molar-refractivity contribution in [3.63, 3.8) is 0 Å². The summed E-state index contributed by atoms with van der Waals surface area (Å²) in [4.78, 5) is 12.5. The van der Waals surface area contributed by atoms with Crippen molar-refractivity contribution in [1.29, 1.82) is 0 Å². The number of anilines is 1. The first-order chi connectivity index (χ1) is 15.2. The summed E-state index contributed by atoms with van der Waals surface area (Å²) < 4.78 is 5.77. The van der Waals surface area contributed by atoms with Crippen LogP contribution in [0.1, 0.15) is 10.4 Å². The van der Waals surface area contributed by atoms with Crippen molar-refractivity contribution >= 4 is 28.9 Å². The predicted octanol–water partition coefficient (Wildman–Crippen LogP) is 6.27. The highest BCUT2D eigenvalue weighted by Gasteiger charge is 2.09. The fourth-order valence-corrected chi connectivity index (χ4v) is 3.22. The van der Waals surface area contributed by atoms with Crippen molar-refractivity contribution in [3.8, 4) is 22.6 Å². The number of hydrogen-bond acceptors (Lipinski definition) is 3. The van der Waals surface area contributed by atoms with Gasteiger partial charge in [0.25, 0.3) is 5.91 Å². The van der Waals surface area contributed by atoms with E-state index in [0.717, 1.165) is 22.6 Å². The van der Waals surface area contributed by atoms with Crippen LogP contribution < -0.4 is 15.4 Å². The van der Waals surface area contributed by atoms with Crippen molar-refractivity contribution in [3.05, 3.63) is 115 Å². The van der Waals surface area contributed by atoms with Gasteiger partial charge >= 0.3 is 0 Å². The minimum Gasteiger partial charge on any atom is -0.457 e. The van der Waals surface area contributed by atoms with E-state index >= 15 is 0 Å². The molecule has 4 rings (SSSR count). The maximum absolute atomic E-state index is 12.5. The number of benzene rings is 4. The van der Waals surface area contributed by atoms with Crippen molar-refractivity contribution in [2.24, 2.45) is 0 Å². The monoisotopic (exact) mass is 424 g/mol. The number of rotatable bonds is 5. The Morgan fingerprint density at radius 2 is 1.19 bits per heavy atom. The van der Waals surface area contributed by atoms with Crippen LogP contribution in [0.4, 0.5) is 5.69 Å². The SMILES string of the molecule is O=C(NC(=S)Nc1ccc(Oc2ccccc2)cc1)c1ccc(-c2ccccc2)cc1. The van der Waals surface area contributed by atoms with Crippen LogP contribution in [0.2, 0.25) is 0 Å². The van der Waals surface area contributed by atoms with Gasteiger partial charge in [0.15, 0.2) is 5.11 Å². The number of hydrogen-bond donors (Lipinski definition) is 2. The van der Waals surface area contributed by atoms with Gasteiger partial charge in [0, 0.05) is 11.3 Å². The zero-order valence-electron chi connectivity index (χ0n) is 16.6. The van der Waals surface area contributed by atoms with Gasteiger partial charge in [0.2, 0.25) is 0 Å². The maximum Gasteiger partial charge on any atom is 0.257 e. The van der Waals surface area contributed by atoms with Crippen LogP contribution >= 0.6 is 12.2 Å². The molecule has 0 bridgehead atoms. The Balaban J connectivity index is 1.32. The number of ether oxygens (including phenoxy) is 1. The molecule has 0 fully saturated rings. The highest BCUT2D eigenvalue weighted by atomic mass is 32.1. The van der Waals surface area contributed by atoms with Crippen LogP contribution in [0.15, 0.2) is 109 Å². The van der Waals surface area contributed by atoms with Crippen molar-refractivity contribution < 1.29 is 9.53 Å². The van der Waals surface area contributed by atoms with E-state index in [-0.39, 0.29) is 11.0 Å². The molecule has 0 radical (unpaired) electrons. The zero-order valence-corrected chi connectivity index (χ0v) is 17.4. The molecule has 4 aromatic carbocycles. The van der Waals surface area contributed by atoms with E-state index in [9.17, 15) is 4.79 Å². The lowest BCUT2D eigenvalue weighted by molar-refractivity contribution is 0.0978. The first-order valence-corrected chi connectivity index (χ1v) is 10.2. The van der Waals surface area contributed by atoms with E-state index in [0.29, 0.717) is 11.3 Å². The first-order valence-electron chi connectivity index (χ1n) is 9.78. The molecule has 5 heteroatoms. The van der Waals surface area contributed by atoms with Crippen molar-refractivity contribution in [2.45, 2.75) is 0 Å². The number of thiocarbonyl (C=S) groups is 1. The normalized spacial score (nSPS) is 10.2. The fourth-order valence-electron chi connectivity index (χ4n) is 3.01. The lowest BCUT2D eigenvalue weighted by atomic mass is 10.0. The molecule has 2 N–H and O–H groups in total. The molecule has 4 nitrogen and oxygen atoms in total. The standard InChI is InChI=1S/C26H20N2O2S/c29-25(21-13-11-20(12-14-21)19-7-3-1-4-8-19)28-26(31)27-22-15-17-24(18-16-22)30-23-9-5-2-6-10-23/h1-18H,(H2,27,28,29,31). The van der Waals surface area contributed by atoms with E-state index < -0.39 is 0 Å². The summed E-state index contributed by atoms with van der Waals surface area (Å²) in [6.07, 6.45) is 0. The average Bonchev–Trinajstić information content (AvgIpc) is 2.82. The third kappa shape index (κ3) is 5.56. The van der Waals surface area contributed by atoms with Gasteiger partial charge in [0.05, 0.1) is 0 Å². The van der Waals surface area contributed by atoms with E-state index in [1.165, 1.54) is 0 Å². The van der Waals surface area contributed by atoms with Gasteiger partial charge < -0.3 is 10.1 Å². The number of carbonyl (C=O) groups is 1. The topological polar surface area (TPSA) is 50.4 Å². The van der Waals surface area contributed by atoms with Gasteiger partial charge in [-0.3, -0.25) is 10.1 Å². The van der Waals surface area contributed by atoms with E-state index in [4.69, 9.17) is 17.0 Å². The fraction of sp³-hybridized carbons (Fsp3) is 0. The molecular weight excluding hydrogens is 404 g/mol. The average molecular weight is 425 g/mol. The summed E-state index contributed by atoms with van der Waals surface area (Å²) in [7, 11) is 0. The van der Waals surface area contributed by atoms with Crippen LogP contribution in [-0.2, 0) is 0 Å². The molecule has 152 valence electrons. The molecule has 0 saturated carbocycles. The second-order valence-electron chi connectivity index (χ2n) is 6.79. The summed E-state index contributed by atoms with van der Waals surface area (Å²) in [6.45, 7) is 0. The molecule has 0 heterocycles. The summed E-state index contributed by atoms with van der Waals surface area (Å²) in [5.74, 6) is 1.22. The Morgan fingerprint density at radius 1 is 0.645 bits per heavy atom. The second-order valence-corrected chi connectivity index (χ2v) is 7.20. The molecule has 4 aromatic rings. The molecule has 0 aliphatic carbocycles. The van der Waals surface area contributed by atoms with Crippen LogP contribution in [-0.4, -0.2) is 11.0 Å². The molecule has 0 atom stereocenters. The number of para-hydroxylation sites is 1. The Hall–Kier alpha value is -3.96. The minimum absolute atomic E-state index is 0.230. The molecule has 0 aliphatic heterocycles. The molecular formula is C26H20N2O2S. The second kappa shape index (κ2) is 9.69. The van der Waals surface area contributed by atoms with Gasteiger partial charge in [-0.1, -0.05) is 60.7 Å². The van der Waals surface area contributed by atoms with E-state index in [2.05, 4.69) is 10.6 Å². The largest absolute Gasteiger partial charge is 0.457 e. The molecule has 1 amide bonds. The molecule has 31 heavy (non-hydrogen) atoms. The van der Waals surface area contributed by atoms with Crippen molar-refractivity contribution in [1.82, 2.24) is 5.32 Å². The summed E-state index contributed by atoms with van der Waals surface area (Å²) >= 11 is 5.28. The molecule has 0 saturated heterocycles. The molecule has 0 spiro atoms. The highest BCUT2D eigenvalue weighted by Crippen LogP contribution is 2.23. The van der Waals surface area contributed by atoms with Gasteiger partial charge in [0.1, 0.15) is 11.5 Å². The van der Waals surface area contributed by atoms with Gasteiger partial charge in [-0.25, -0.2) is 0 Å². The van der Waals surface area contributed by atoms with Crippen molar-refractivity contribution in [2.75, 3.05) is 5.32 Å². The van der Waals surface area contributed by atoms with E-state index in [1.54, 1.807) is 12.1 Å². The third-order valence-corrected chi connectivity index (χ3v) is 4.78. The quantitative estimate of drug-likeness (QED) is 0.371. The lowest BCUT2D eigenvalue weighted by Gasteiger charge is -2.11. The Labute approximate surface area is 186 Å². The molecule has 0 aromatic heterocycles. The number of carbonyl (C=O) groups excluding carboxylic acids is 1. The number of nitrogens with one attached hydrogen (secondary N) is 2. The van der Waals surface area contributed by atoms with Gasteiger partial charge in [-0.15, -0.1) is 0 Å². The minimum atomic E-state index is -0.263. The highest BCUT2D eigenvalue weighted by molar-refractivity contribution is 7.80. The van der Waals surface area contributed by atoms with Crippen LogP contribution in [0.5, 0.6) is 11.5 Å². The third-order valence-electron chi connectivity index (χ3n) is 4.57. The summed E-state index contributed by atoms with van der Waals surface area (Å²) in [5, 5.41) is 5.95. The number of amides is 1. The van der Waals surface area contributed by atoms with Gasteiger partial charge in [-0.05, 0) is 71.9 Å². The summed E-state index contributed by atoms with van der Waals surface area (Å²) in [6, 6.07) is 34.3. The Bertz CT molecular complexity index is 1160. The zero-order chi connectivity index (χ0) is 21.5. The van der Waals surface area contributed by atoms with Crippen LogP contribution in [0.3, 0.4) is 0 Å². The lowest BCUT2D eigenvalue weighted by Crippen LogP contribution is -2.34. The first kappa shape index (κ1) is 20.3. The van der Waals surface area contributed by atoms with E-state index in [1.807, 2.05) is 97.1 Å². The Kier molecular flexibility index (Phi) is 6.35. The summed E-state index contributed by atoms with van der Waals surface area (Å²) in [5.41, 5.74) is 3.45.